The third-order valence-electron chi connectivity index (χ3n) is 2.42. The maximum Gasteiger partial charge on any atom is 0.344 e. The highest BCUT2D eigenvalue weighted by molar-refractivity contribution is 5.94. The standard InChI is InChI=1S/C15H22O10/c1-11(15(19)25-10-14(18)23-7-5-21-3)8-12(16)24-9-13(17)22-6-4-20-2/h1,4-10H2,2-3H3. The first-order chi connectivity index (χ1) is 11.9. The lowest BCUT2D eigenvalue weighted by molar-refractivity contribution is -0.160. The van der Waals surface area contributed by atoms with Gasteiger partial charge in [0.25, 0.3) is 0 Å². The van der Waals surface area contributed by atoms with Crippen LogP contribution < -0.4 is 0 Å². The fourth-order valence-electron chi connectivity index (χ4n) is 1.22. The molecule has 0 amide bonds. The highest BCUT2D eigenvalue weighted by atomic mass is 16.6. The lowest BCUT2D eigenvalue weighted by Gasteiger charge is -2.08. The van der Waals surface area contributed by atoms with E-state index in [0.29, 0.717) is 0 Å². The van der Waals surface area contributed by atoms with E-state index >= 15 is 0 Å². The normalized spacial score (nSPS) is 9.84. The van der Waals surface area contributed by atoms with Gasteiger partial charge in [0.15, 0.2) is 13.2 Å². The first-order valence-electron chi connectivity index (χ1n) is 7.20. The van der Waals surface area contributed by atoms with Crippen LogP contribution >= 0.6 is 0 Å². The molecule has 0 rings (SSSR count). The van der Waals surface area contributed by atoms with E-state index in [2.05, 4.69) is 35.0 Å². The van der Waals surface area contributed by atoms with Gasteiger partial charge < -0.3 is 28.4 Å². The average Bonchev–Trinajstić information content (AvgIpc) is 2.58. The smallest absolute Gasteiger partial charge is 0.344 e. The topological polar surface area (TPSA) is 124 Å². The van der Waals surface area contributed by atoms with Crippen LogP contribution in [0.2, 0.25) is 0 Å². The summed E-state index contributed by atoms with van der Waals surface area (Å²) in [5.74, 6) is -3.34. The second-order valence-electron chi connectivity index (χ2n) is 4.44. The second-order valence-corrected chi connectivity index (χ2v) is 4.44. The summed E-state index contributed by atoms with van der Waals surface area (Å²) in [5.41, 5.74) is -0.234. The van der Waals surface area contributed by atoms with E-state index in [0.717, 1.165) is 0 Å². The molecule has 0 atom stereocenters. The maximum absolute atomic E-state index is 11.6. The number of methoxy groups -OCH3 is 2. The molecule has 0 aliphatic heterocycles. The van der Waals surface area contributed by atoms with Crippen molar-refractivity contribution < 1.29 is 47.6 Å². The van der Waals surface area contributed by atoms with Crippen LogP contribution in [-0.4, -0.2) is 77.7 Å². The van der Waals surface area contributed by atoms with Crippen LogP contribution in [0.15, 0.2) is 12.2 Å². The van der Waals surface area contributed by atoms with Gasteiger partial charge in [0.1, 0.15) is 13.2 Å². The monoisotopic (exact) mass is 362 g/mol. The SMILES string of the molecule is C=C(CC(=O)OCC(=O)OCCOC)C(=O)OCC(=O)OCCOC. The van der Waals surface area contributed by atoms with Crippen molar-refractivity contribution in [3.63, 3.8) is 0 Å². The van der Waals surface area contributed by atoms with E-state index in [9.17, 15) is 19.2 Å². The largest absolute Gasteiger partial charge is 0.461 e. The van der Waals surface area contributed by atoms with E-state index in [1.54, 1.807) is 0 Å². The van der Waals surface area contributed by atoms with Gasteiger partial charge in [0.2, 0.25) is 0 Å². The van der Waals surface area contributed by atoms with Gasteiger partial charge in [0, 0.05) is 19.8 Å². The van der Waals surface area contributed by atoms with E-state index < -0.39 is 43.5 Å². The third-order valence-corrected chi connectivity index (χ3v) is 2.42. The third kappa shape index (κ3) is 12.6. The van der Waals surface area contributed by atoms with E-state index in [1.807, 2.05) is 0 Å². The molecule has 0 N–H and O–H groups in total. The number of rotatable bonds is 13. The Morgan fingerprint density at radius 3 is 1.64 bits per heavy atom. The fraction of sp³-hybridized carbons (Fsp3) is 0.600. The van der Waals surface area contributed by atoms with Crippen molar-refractivity contribution in [3.05, 3.63) is 12.2 Å². The number of hydrogen-bond donors (Lipinski definition) is 0. The Balaban J connectivity index is 3.94. The van der Waals surface area contributed by atoms with Gasteiger partial charge in [-0.05, 0) is 0 Å². The first-order valence-corrected chi connectivity index (χ1v) is 7.20. The molecular formula is C15H22O10. The molecule has 0 unspecified atom stereocenters. The Hall–Kier alpha value is -2.46. The molecule has 0 aromatic heterocycles. The van der Waals surface area contributed by atoms with Crippen molar-refractivity contribution >= 4 is 23.9 Å². The summed E-state index contributed by atoms with van der Waals surface area (Å²) in [4.78, 5) is 45.4. The van der Waals surface area contributed by atoms with Crippen LogP contribution in [0, 0.1) is 0 Å². The highest BCUT2D eigenvalue weighted by Crippen LogP contribution is 2.03. The molecule has 0 saturated carbocycles. The van der Waals surface area contributed by atoms with Crippen molar-refractivity contribution in [2.24, 2.45) is 0 Å². The van der Waals surface area contributed by atoms with Gasteiger partial charge in [-0.3, -0.25) is 4.79 Å². The number of carbonyl (C=O) groups is 4. The summed E-state index contributed by atoms with van der Waals surface area (Å²) >= 11 is 0. The summed E-state index contributed by atoms with van der Waals surface area (Å²) < 4.78 is 27.9. The molecule has 0 radical (unpaired) electrons. The molecule has 0 aromatic carbocycles. The number of ether oxygens (including phenoxy) is 6. The molecule has 0 saturated heterocycles. The number of carbonyl (C=O) groups excluding carboxylic acids is 4. The Morgan fingerprint density at radius 2 is 1.16 bits per heavy atom. The van der Waals surface area contributed by atoms with Crippen LogP contribution in [0.25, 0.3) is 0 Å². The molecule has 0 spiro atoms. The Bertz CT molecular complexity index is 471. The van der Waals surface area contributed by atoms with E-state index in [1.165, 1.54) is 14.2 Å². The molecule has 0 aromatic rings. The Labute approximate surface area is 144 Å². The molecule has 0 aliphatic carbocycles. The van der Waals surface area contributed by atoms with Crippen LogP contribution in [0.1, 0.15) is 6.42 Å². The molecule has 25 heavy (non-hydrogen) atoms. The van der Waals surface area contributed by atoms with Gasteiger partial charge in [-0.25, -0.2) is 14.4 Å². The van der Waals surface area contributed by atoms with Crippen molar-refractivity contribution in [2.45, 2.75) is 6.42 Å². The highest BCUT2D eigenvalue weighted by Gasteiger charge is 2.17. The molecule has 10 heteroatoms. The molecule has 10 nitrogen and oxygen atoms in total. The summed E-state index contributed by atoms with van der Waals surface area (Å²) in [7, 11) is 2.88. The molecule has 0 heterocycles. The predicted molar refractivity (Wildman–Crippen MR) is 81.3 cm³/mol. The molecule has 142 valence electrons. The number of esters is 4. The summed E-state index contributed by atoms with van der Waals surface area (Å²) in [6.45, 7) is 2.63. The van der Waals surface area contributed by atoms with Crippen LogP contribution in [0.3, 0.4) is 0 Å². The lowest BCUT2D eigenvalue weighted by Crippen LogP contribution is -2.21. The summed E-state index contributed by atoms with van der Waals surface area (Å²) in [6, 6.07) is 0. The predicted octanol–water partition coefficient (Wildman–Crippen LogP) is -0.602. The lowest BCUT2D eigenvalue weighted by atomic mass is 10.2. The first kappa shape index (κ1) is 22.5. The molecule has 0 bridgehead atoms. The van der Waals surface area contributed by atoms with Gasteiger partial charge in [-0.15, -0.1) is 0 Å². The zero-order chi connectivity index (χ0) is 19.1. The molecular weight excluding hydrogens is 340 g/mol. The van der Waals surface area contributed by atoms with Gasteiger partial charge in [0.05, 0.1) is 19.6 Å². The van der Waals surface area contributed by atoms with Crippen molar-refractivity contribution in [1.82, 2.24) is 0 Å². The molecule has 0 fully saturated rings. The molecule has 0 aliphatic rings. The Morgan fingerprint density at radius 1 is 0.680 bits per heavy atom. The quantitative estimate of drug-likeness (QED) is 0.181. The zero-order valence-corrected chi connectivity index (χ0v) is 14.2. The van der Waals surface area contributed by atoms with E-state index in [-0.39, 0.29) is 32.0 Å². The summed E-state index contributed by atoms with van der Waals surface area (Å²) in [6.07, 6.45) is -0.497. The van der Waals surface area contributed by atoms with Crippen LogP contribution in [0.5, 0.6) is 0 Å². The maximum atomic E-state index is 11.6. The van der Waals surface area contributed by atoms with Crippen molar-refractivity contribution in [2.75, 3.05) is 53.9 Å². The number of hydrogen-bond acceptors (Lipinski definition) is 10. The zero-order valence-electron chi connectivity index (χ0n) is 14.2. The minimum absolute atomic E-state index is 0.0284. The fourth-order valence-corrected chi connectivity index (χ4v) is 1.22. The van der Waals surface area contributed by atoms with Crippen molar-refractivity contribution in [1.29, 1.82) is 0 Å². The van der Waals surface area contributed by atoms with Gasteiger partial charge in [-0.1, -0.05) is 6.58 Å². The summed E-state index contributed by atoms with van der Waals surface area (Å²) in [5, 5.41) is 0. The van der Waals surface area contributed by atoms with Gasteiger partial charge in [-0.2, -0.15) is 0 Å². The van der Waals surface area contributed by atoms with Crippen molar-refractivity contribution in [3.8, 4) is 0 Å². The average molecular weight is 362 g/mol. The van der Waals surface area contributed by atoms with E-state index in [4.69, 9.17) is 0 Å². The van der Waals surface area contributed by atoms with Crippen LogP contribution in [-0.2, 0) is 47.6 Å². The minimum Gasteiger partial charge on any atom is -0.461 e. The second kappa shape index (κ2) is 13.9. The Kier molecular flexibility index (Phi) is 12.6. The minimum atomic E-state index is -0.955. The van der Waals surface area contributed by atoms with Crippen LogP contribution in [0.4, 0.5) is 0 Å². The van der Waals surface area contributed by atoms with Gasteiger partial charge >= 0.3 is 23.9 Å².